The van der Waals surface area contributed by atoms with Crippen LogP contribution in [0.25, 0.3) is 21.3 Å². The Kier molecular flexibility index (Phi) is 4.26. The second kappa shape index (κ2) is 6.92. The van der Waals surface area contributed by atoms with Gasteiger partial charge in [0.25, 0.3) is 0 Å². The van der Waals surface area contributed by atoms with E-state index in [9.17, 15) is 0 Å². The summed E-state index contributed by atoms with van der Waals surface area (Å²) in [6, 6.07) is 11.8. The lowest BCUT2D eigenvalue weighted by Gasteiger charge is -2.09. The Hall–Kier alpha value is -2.90. The summed E-state index contributed by atoms with van der Waals surface area (Å²) in [7, 11) is 0. The zero-order valence-electron chi connectivity index (χ0n) is 14.9. The summed E-state index contributed by atoms with van der Waals surface area (Å²) in [4.78, 5) is 14.2. The molecule has 0 unspecified atom stereocenters. The number of nitrogens with one attached hydrogen (secondary N) is 1. The molecule has 0 radical (unpaired) electrons. The van der Waals surface area contributed by atoms with E-state index in [0.717, 1.165) is 44.2 Å². The van der Waals surface area contributed by atoms with Crippen LogP contribution in [0.4, 0.5) is 5.82 Å². The van der Waals surface area contributed by atoms with Crippen molar-refractivity contribution in [2.24, 2.45) is 0 Å². The summed E-state index contributed by atoms with van der Waals surface area (Å²) < 4.78 is 10.9. The first-order valence-electron chi connectivity index (χ1n) is 8.68. The van der Waals surface area contributed by atoms with E-state index < -0.39 is 0 Å². The Morgan fingerprint density at radius 2 is 2.00 bits per heavy atom. The monoisotopic (exact) mass is 410 g/mol. The fourth-order valence-corrected chi connectivity index (χ4v) is 4.36. The average molecular weight is 411 g/mol. The van der Waals surface area contributed by atoms with Gasteiger partial charge in [-0.15, -0.1) is 11.3 Å². The molecule has 1 aromatic carbocycles. The molecule has 0 spiro atoms. The minimum absolute atomic E-state index is 0.214. The normalized spacial score (nSPS) is 12.5. The largest absolute Gasteiger partial charge is 0.454 e. The van der Waals surface area contributed by atoms with Gasteiger partial charge in [0.15, 0.2) is 11.5 Å². The van der Waals surface area contributed by atoms with Gasteiger partial charge in [-0.05, 0) is 48.4 Å². The molecule has 0 aliphatic carbocycles. The van der Waals surface area contributed by atoms with Crippen molar-refractivity contribution in [2.45, 2.75) is 13.5 Å². The molecule has 0 bridgehead atoms. The predicted octanol–water partition coefficient (Wildman–Crippen LogP) is 5.06. The number of nitrogens with zero attached hydrogens (tertiary/aromatic N) is 3. The van der Waals surface area contributed by atoms with Gasteiger partial charge in [-0.25, -0.2) is 9.97 Å². The molecule has 1 aliphatic heterocycles. The number of halogens is 1. The van der Waals surface area contributed by atoms with Crippen LogP contribution in [-0.4, -0.2) is 21.7 Å². The molecule has 28 heavy (non-hydrogen) atoms. The third kappa shape index (κ3) is 3.12. The van der Waals surface area contributed by atoms with E-state index in [2.05, 4.69) is 25.6 Å². The molecule has 0 saturated carbocycles. The number of pyridine rings is 1. The first kappa shape index (κ1) is 17.2. The Morgan fingerprint density at radius 3 is 2.89 bits per heavy atom. The van der Waals surface area contributed by atoms with Gasteiger partial charge in [-0.2, -0.15) is 0 Å². The maximum Gasteiger partial charge on any atom is 0.231 e. The maximum absolute atomic E-state index is 6.16. The third-order valence-electron chi connectivity index (χ3n) is 4.47. The smallest absolute Gasteiger partial charge is 0.231 e. The lowest BCUT2D eigenvalue weighted by atomic mass is 10.1. The van der Waals surface area contributed by atoms with Crippen molar-refractivity contribution in [1.82, 2.24) is 15.0 Å². The summed E-state index contributed by atoms with van der Waals surface area (Å²) in [6.07, 6.45) is 0. The molecule has 8 heteroatoms. The number of hydrogen-bond donors (Lipinski definition) is 1. The van der Waals surface area contributed by atoms with Crippen molar-refractivity contribution in [3.8, 4) is 22.6 Å². The molecule has 0 atom stereocenters. The van der Waals surface area contributed by atoms with Crippen LogP contribution in [0.2, 0.25) is 5.28 Å². The molecule has 3 aromatic heterocycles. The van der Waals surface area contributed by atoms with Crippen LogP contribution in [0.1, 0.15) is 11.4 Å². The Labute approximate surface area is 170 Å². The average Bonchev–Trinajstić information content (AvgIpc) is 3.32. The molecule has 0 saturated heterocycles. The molecule has 4 heterocycles. The fraction of sp³-hybridized carbons (Fsp3) is 0.150. The second-order valence-corrected chi connectivity index (χ2v) is 7.56. The van der Waals surface area contributed by atoms with Crippen LogP contribution in [0, 0.1) is 6.92 Å². The minimum atomic E-state index is 0.214. The number of thiophene rings is 1. The Bertz CT molecular complexity index is 1190. The maximum atomic E-state index is 6.16. The quantitative estimate of drug-likeness (QED) is 0.474. The van der Waals surface area contributed by atoms with E-state index in [4.69, 9.17) is 21.1 Å². The van der Waals surface area contributed by atoms with Gasteiger partial charge in [0.2, 0.25) is 12.1 Å². The van der Waals surface area contributed by atoms with E-state index in [1.54, 1.807) is 0 Å². The minimum Gasteiger partial charge on any atom is -0.454 e. The van der Waals surface area contributed by atoms with Crippen LogP contribution >= 0.6 is 22.9 Å². The zero-order valence-corrected chi connectivity index (χ0v) is 16.5. The van der Waals surface area contributed by atoms with Crippen LogP contribution in [0.3, 0.4) is 0 Å². The standard InChI is InChI=1S/C20H15ClN4O2S/c1-11-3-2-4-13(23-11)8-22-18-17-14(9-28-19(17)25-20(21)24-18)12-5-6-15-16(7-12)27-10-26-15/h2-7,9H,8,10H2,1H3,(H,22,24,25). The number of anilines is 1. The predicted molar refractivity (Wildman–Crippen MR) is 110 cm³/mol. The van der Waals surface area contributed by atoms with Crippen molar-refractivity contribution in [3.63, 3.8) is 0 Å². The molecular weight excluding hydrogens is 396 g/mol. The van der Waals surface area contributed by atoms with E-state index >= 15 is 0 Å². The topological polar surface area (TPSA) is 69.2 Å². The highest BCUT2D eigenvalue weighted by Gasteiger charge is 2.18. The first-order chi connectivity index (χ1) is 13.7. The Balaban J connectivity index is 1.56. The molecule has 140 valence electrons. The summed E-state index contributed by atoms with van der Waals surface area (Å²) in [5, 5.41) is 6.58. The van der Waals surface area contributed by atoms with E-state index in [1.807, 2.05) is 43.3 Å². The third-order valence-corrected chi connectivity index (χ3v) is 5.51. The second-order valence-electron chi connectivity index (χ2n) is 6.36. The number of aromatic nitrogens is 3. The van der Waals surface area contributed by atoms with Gasteiger partial charge in [0, 0.05) is 16.6 Å². The van der Waals surface area contributed by atoms with Crippen molar-refractivity contribution in [3.05, 3.63) is 58.4 Å². The highest BCUT2D eigenvalue weighted by molar-refractivity contribution is 7.17. The number of aryl methyl sites for hydroxylation is 1. The molecule has 4 aromatic rings. The van der Waals surface area contributed by atoms with Crippen LogP contribution in [-0.2, 0) is 6.54 Å². The molecular formula is C20H15ClN4O2S. The molecule has 1 N–H and O–H groups in total. The van der Waals surface area contributed by atoms with Crippen LogP contribution < -0.4 is 14.8 Å². The molecule has 0 amide bonds. The fourth-order valence-electron chi connectivity index (χ4n) is 3.19. The van der Waals surface area contributed by atoms with Gasteiger partial charge in [-0.3, -0.25) is 4.98 Å². The molecule has 1 aliphatic rings. The molecule has 6 nitrogen and oxygen atoms in total. The zero-order chi connectivity index (χ0) is 19.1. The molecule has 5 rings (SSSR count). The van der Waals surface area contributed by atoms with Gasteiger partial charge in [0.05, 0.1) is 17.6 Å². The summed E-state index contributed by atoms with van der Waals surface area (Å²) in [6.45, 7) is 2.76. The van der Waals surface area contributed by atoms with E-state index in [1.165, 1.54) is 11.3 Å². The number of fused-ring (bicyclic) bond motifs is 2. The van der Waals surface area contributed by atoms with Crippen LogP contribution in [0.15, 0.2) is 41.8 Å². The van der Waals surface area contributed by atoms with Crippen molar-refractivity contribution >= 4 is 39.0 Å². The van der Waals surface area contributed by atoms with Crippen molar-refractivity contribution in [2.75, 3.05) is 12.1 Å². The van der Waals surface area contributed by atoms with Gasteiger partial charge in [0.1, 0.15) is 10.6 Å². The van der Waals surface area contributed by atoms with Gasteiger partial charge in [-0.1, -0.05) is 12.1 Å². The number of hydrogen-bond acceptors (Lipinski definition) is 7. The lowest BCUT2D eigenvalue weighted by Crippen LogP contribution is -2.05. The van der Waals surface area contributed by atoms with Crippen molar-refractivity contribution in [1.29, 1.82) is 0 Å². The van der Waals surface area contributed by atoms with E-state index in [-0.39, 0.29) is 12.1 Å². The lowest BCUT2D eigenvalue weighted by molar-refractivity contribution is 0.174. The number of rotatable bonds is 4. The van der Waals surface area contributed by atoms with Crippen molar-refractivity contribution < 1.29 is 9.47 Å². The first-order valence-corrected chi connectivity index (χ1v) is 9.94. The summed E-state index contributed by atoms with van der Waals surface area (Å²) in [5.74, 6) is 2.18. The molecule has 0 fully saturated rings. The SMILES string of the molecule is Cc1cccc(CNc2nc(Cl)nc3scc(-c4ccc5c(c4)OCO5)c23)n1. The summed E-state index contributed by atoms with van der Waals surface area (Å²) in [5.41, 5.74) is 3.94. The number of ether oxygens (including phenoxy) is 2. The highest BCUT2D eigenvalue weighted by Crippen LogP contribution is 2.41. The van der Waals surface area contributed by atoms with E-state index in [0.29, 0.717) is 12.4 Å². The highest BCUT2D eigenvalue weighted by atomic mass is 35.5. The Morgan fingerprint density at radius 1 is 1.11 bits per heavy atom. The number of benzene rings is 1. The van der Waals surface area contributed by atoms with Gasteiger partial charge < -0.3 is 14.8 Å². The van der Waals surface area contributed by atoms with Crippen LogP contribution in [0.5, 0.6) is 11.5 Å². The summed E-state index contributed by atoms with van der Waals surface area (Å²) >= 11 is 7.69. The van der Waals surface area contributed by atoms with Gasteiger partial charge >= 0.3 is 0 Å².